The SMILES string of the molecule is CC(=O)c1ccc2c(c1)Cc1cc(OP(=O)(O)O)ccc1-2. The molecule has 3 rings (SSSR count). The molecule has 0 amide bonds. The molecule has 0 fully saturated rings. The summed E-state index contributed by atoms with van der Waals surface area (Å²) in [4.78, 5) is 29.1. The number of rotatable bonds is 3. The van der Waals surface area contributed by atoms with Crippen LogP contribution in [-0.2, 0) is 11.0 Å². The zero-order chi connectivity index (χ0) is 15.2. The summed E-state index contributed by atoms with van der Waals surface area (Å²) in [6.45, 7) is 1.52. The first-order valence-corrected chi connectivity index (χ1v) is 7.89. The predicted molar refractivity (Wildman–Crippen MR) is 77.4 cm³/mol. The molecule has 6 heteroatoms. The van der Waals surface area contributed by atoms with E-state index < -0.39 is 7.82 Å². The third-order valence-corrected chi connectivity index (χ3v) is 3.93. The van der Waals surface area contributed by atoms with Gasteiger partial charge in [0, 0.05) is 5.56 Å². The van der Waals surface area contributed by atoms with Crippen LogP contribution >= 0.6 is 7.82 Å². The van der Waals surface area contributed by atoms with Crippen LogP contribution in [0.25, 0.3) is 11.1 Å². The fourth-order valence-corrected chi connectivity index (χ4v) is 2.99. The Morgan fingerprint density at radius 2 is 1.71 bits per heavy atom. The number of benzene rings is 2. The first-order chi connectivity index (χ1) is 9.83. The minimum atomic E-state index is -4.55. The van der Waals surface area contributed by atoms with Crippen LogP contribution in [0, 0.1) is 0 Å². The third kappa shape index (κ3) is 2.76. The summed E-state index contributed by atoms with van der Waals surface area (Å²) in [5, 5.41) is 0. The van der Waals surface area contributed by atoms with Crippen LogP contribution in [0.5, 0.6) is 5.75 Å². The second-order valence-electron chi connectivity index (χ2n) is 5.01. The molecule has 2 aromatic carbocycles. The monoisotopic (exact) mass is 304 g/mol. The third-order valence-electron chi connectivity index (χ3n) is 3.48. The Kier molecular flexibility index (Phi) is 3.21. The molecular formula is C15H13O5P. The van der Waals surface area contributed by atoms with E-state index in [-0.39, 0.29) is 11.5 Å². The Morgan fingerprint density at radius 1 is 1.10 bits per heavy atom. The molecule has 108 valence electrons. The maximum Gasteiger partial charge on any atom is 0.524 e. The molecular weight excluding hydrogens is 291 g/mol. The smallest absolute Gasteiger partial charge is 0.404 e. The fraction of sp³-hybridized carbons (Fsp3) is 0.133. The highest BCUT2D eigenvalue weighted by atomic mass is 31.2. The van der Waals surface area contributed by atoms with Gasteiger partial charge in [-0.2, -0.15) is 0 Å². The minimum Gasteiger partial charge on any atom is -0.404 e. The molecule has 1 aliphatic carbocycles. The van der Waals surface area contributed by atoms with Crippen LogP contribution in [0.4, 0.5) is 0 Å². The molecule has 0 atom stereocenters. The van der Waals surface area contributed by atoms with Crippen molar-refractivity contribution in [2.24, 2.45) is 0 Å². The normalized spacial score (nSPS) is 12.7. The van der Waals surface area contributed by atoms with E-state index in [9.17, 15) is 9.36 Å². The Labute approximate surface area is 121 Å². The number of hydrogen-bond acceptors (Lipinski definition) is 3. The van der Waals surface area contributed by atoms with Crippen molar-refractivity contribution < 1.29 is 23.7 Å². The number of fused-ring (bicyclic) bond motifs is 3. The average Bonchev–Trinajstić information content (AvgIpc) is 2.72. The van der Waals surface area contributed by atoms with Crippen LogP contribution in [0.1, 0.15) is 28.4 Å². The van der Waals surface area contributed by atoms with Gasteiger partial charge in [0.2, 0.25) is 0 Å². The molecule has 0 heterocycles. The molecule has 0 saturated heterocycles. The predicted octanol–water partition coefficient (Wildman–Crippen LogP) is 2.93. The number of hydrogen-bond donors (Lipinski definition) is 2. The molecule has 2 aromatic rings. The lowest BCUT2D eigenvalue weighted by atomic mass is 10.0. The standard InChI is InChI=1S/C15H13O5P/c1-9(16)10-2-4-14-11(6-10)7-12-8-13(3-5-15(12)14)20-21(17,18)19/h2-6,8H,7H2,1H3,(H2,17,18,19). The van der Waals surface area contributed by atoms with Gasteiger partial charge >= 0.3 is 7.82 Å². The second-order valence-corrected chi connectivity index (χ2v) is 6.17. The first kappa shape index (κ1) is 14.0. The molecule has 0 aliphatic heterocycles. The zero-order valence-corrected chi connectivity index (χ0v) is 12.1. The maximum absolute atomic E-state index is 11.4. The van der Waals surface area contributed by atoms with Gasteiger partial charge in [0.1, 0.15) is 5.75 Å². The molecule has 21 heavy (non-hydrogen) atoms. The number of carbonyl (C=O) groups excluding carboxylic acids is 1. The van der Waals surface area contributed by atoms with Crippen molar-refractivity contribution in [1.82, 2.24) is 0 Å². The van der Waals surface area contributed by atoms with E-state index >= 15 is 0 Å². The van der Waals surface area contributed by atoms with Gasteiger partial charge in [0.25, 0.3) is 0 Å². The van der Waals surface area contributed by atoms with E-state index in [1.54, 1.807) is 18.2 Å². The molecule has 0 aromatic heterocycles. The highest BCUT2D eigenvalue weighted by molar-refractivity contribution is 7.46. The lowest BCUT2D eigenvalue weighted by molar-refractivity contribution is 0.101. The van der Waals surface area contributed by atoms with E-state index in [1.165, 1.54) is 13.0 Å². The van der Waals surface area contributed by atoms with E-state index in [0.717, 1.165) is 22.3 Å². The largest absolute Gasteiger partial charge is 0.524 e. The van der Waals surface area contributed by atoms with Crippen molar-refractivity contribution in [3.63, 3.8) is 0 Å². The number of carbonyl (C=O) groups is 1. The molecule has 0 unspecified atom stereocenters. The summed E-state index contributed by atoms with van der Waals surface area (Å²) in [6, 6.07) is 10.5. The van der Waals surface area contributed by atoms with E-state index in [2.05, 4.69) is 4.52 Å². The van der Waals surface area contributed by atoms with Gasteiger partial charge in [-0.25, -0.2) is 4.57 Å². The van der Waals surface area contributed by atoms with E-state index in [0.29, 0.717) is 12.0 Å². The zero-order valence-electron chi connectivity index (χ0n) is 11.2. The van der Waals surface area contributed by atoms with Crippen LogP contribution in [0.15, 0.2) is 36.4 Å². The Hall–Kier alpha value is -1.94. The Bertz CT molecular complexity index is 791. The number of ketones is 1. The number of phosphoric acid groups is 1. The highest BCUT2D eigenvalue weighted by Crippen LogP contribution is 2.42. The molecule has 2 N–H and O–H groups in total. The quantitative estimate of drug-likeness (QED) is 0.574. The summed E-state index contributed by atoms with van der Waals surface area (Å²) in [6.07, 6.45) is 0.615. The van der Waals surface area contributed by atoms with Crippen molar-refractivity contribution >= 4 is 13.6 Å². The Morgan fingerprint density at radius 3 is 2.33 bits per heavy atom. The van der Waals surface area contributed by atoms with Gasteiger partial charge in [-0.3, -0.25) is 14.6 Å². The number of phosphoric ester groups is 1. The minimum absolute atomic E-state index is 0.0132. The molecule has 0 spiro atoms. The summed E-state index contributed by atoms with van der Waals surface area (Å²) >= 11 is 0. The molecule has 0 radical (unpaired) electrons. The summed E-state index contributed by atoms with van der Waals surface area (Å²) in [5.41, 5.74) is 4.66. The van der Waals surface area contributed by atoms with Crippen molar-refractivity contribution in [2.45, 2.75) is 13.3 Å². The first-order valence-electron chi connectivity index (χ1n) is 6.36. The lowest BCUT2D eigenvalue weighted by Crippen LogP contribution is -1.93. The second kappa shape index (κ2) is 4.81. The van der Waals surface area contributed by atoms with Crippen molar-refractivity contribution in [3.8, 4) is 16.9 Å². The van der Waals surface area contributed by atoms with Crippen LogP contribution < -0.4 is 4.52 Å². The molecule has 5 nitrogen and oxygen atoms in total. The van der Waals surface area contributed by atoms with Crippen LogP contribution in [-0.4, -0.2) is 15.6 Å². The molecule has 0 bridgehead atoms. The van der Waals surface area contributed by atoms with E-state index in [1.807, 2.05) is 12.1 Å². The summed E-state index contributed by atoms with van der Waals surface area (Å²) < 4.78 is 15.5. The average molecular weight is 304 g/mol. The lowest BCUT2D eigenvalue weighted by Gasteiger charge is -2.08. The molecule has 1 aliphatic rings. The van der Waals surface area contributed by atoms with Crippen molar-refractivity contribution in [3.05, 3.63) is 53.1 Å². The van der Waals surface area contributed by atoms with Gasteiger partial charge in [-0.05, 0) is 53.8 Å². The van der Waals surface area contributed by atoms with Gasteiger partial charge in [-0.15, -0.1) is 0 Å². The number of Topliss-reactive ketones (excluding diaryl/α,β-unsaturated/α-hetero) is 1. The summed E-state index contributed by atoms with van der Waals surface area (Å²) in [5.74, 6) is 0.154. The van der Waals surface area contributed by atoms with Gasteiger partial charge in [0.15, 0.2) is 5.78 Å². The molecule has 0 saturated carbocycles. The maximum atomic E-state index is 11.4. The highest BCUT2D eigenvalue weighted by Gasteiger charge is 2.22. The topological polar surface area (TPSA) is 83.8 Å². The van der Waals surface area contributed by atoms with Crippen LogP contribution in [0.2, 0.25) is 0 Å². The van der Waals surface area contributed by atoms with Crippen molar-refractivity contribution in [1.29, 1.82) is 0 Å². The van der Waals surface area contributed by atoms with E-state index in [4.69, 9.17) is 9.79 Å². The van der Waals surface area contributed by atoms with Gasteiger partial charge in [-0.1, -0.05) is 18.2 Å². The Balaban J connectivity index is 1.99. The van der Waals surface area contributed by atoms with Crippen molar-refractivity contribution in [2.75, 3.05) is 0 Å². The summed E-state index contributed by atoms with van der Waals surface area (Å²) in [7, 11) is -4.55. The van der Waals surface area contributed by atoms with Gasteiger partial charge < -0.3 is 4.52 Å². The fourth-order valence-electron chi connectivity index (χ4n) is 2.60. The van der Waals surface area contributed by atoms with Gasteiger partial charge in [0.05, 0.1) is 0 Å². The van der Waals surface area contributed by atoms with Crippen LogP contribution in [0.3, 0.4) is 0 Å².